The number of methoxy groups -OCH3 is 1. The Balaban J connectivity index is 2.02. The van der Waals surface area contributed by atoms with Gasteiger partial charge in [-0.15, -0.1) is 0 Å². The molecule has 8 heteroatoms. The molecule has 0 N–H and O–H groups in total. The van der Waals surface area contributed by atoms with E-state index in [1.54, 1.807) is 36.4 Å². The second-order valence-corrected chi connectivity index (χ2v) is 6.89. The fourth-order valence-corrected chi connectivity index (χ4v) is 3.32. The van der Waals surface area contributed by atoms with E-state index in [-0.39, 0.29) is 23.3 Å². The smallest absolute Gasteiger partial charge is 0.416 e. The summed E-state index contributed by atoms with van der Waals surface area (Å²) in [4.78, 5) is 17.7. The van der Waals surface area contributed by atoms with E-state index in [9.17, 15) is 22.4 Å². The third kappa shape index (κ3) is 4.01. The zero-order valence-corrected chi connectivity index (χ0v) is 16.3. The summed E-state index contributed by atoms with van der Waals surface area (Å²) in [6, 6.07) is 15.5. The van der Waals surface area contributed by atoms with Gasteiger partial charge in [-0.3, -0.25) is 9.36 Å². The molecule has 0 radical (unpaired) electrons. The zero-order valence-electron chi connectivity index (χ0n) is 16.3. The van der Waals surface area contributed by atoms with Gasteiger partial charge in [0.2, 0.25) is 0 Å². The normalized spacial score (nSPS) is 11.6. The lowest BCUT2D eigenvalue weighted by atomic mass is 10.1. The Morgan fingerprint density at radius 1 is 1.00 bits per heavy atom. The number of ether oxygens (including phenoxy) is 1. The molecule has 4 nitrogen and oxygen atoms in total. The largest absolute Gasteiger partial charge is 0.497 e. The van der Waals surface area contributed by atoms with Crippen molar-refractivity contribution >= 4 is 10.9 Å². The average molecular weight is 428 g/mol. The molecule has 31 heavy (non-hydrogen) atoms. The molecule has 1 heterocycles. The SMILES string of the molecule is COc1ccc2nc(-c3cc(C(F)(F)F)ccc3F)n(Cc3ccccc3)c(=O)c2c1. The summed E-state index contributed by atoms with van der Waals surface area (Å²) < 4.78 is 60.8. The molecule has 4 aromatic rings. The topological polar surface area (TPSA) is 44.1 Å². The first kappa shape index (κ1) is 20.6. The molecule has 3 aromatic carbocycles. The first-order chi connectivity index (χ1) is 14.8. The molecule has 0 bridgehead atoms. The lowest BCUT2D eigenvalue weighted by molar-refractivity contribution is -0.137. The number of hydrogen-bond donors (Lipinski definition) is 0. The lowest BCUT2D eigenvalue weighted by Gasteiger charge is -2.16. The van der Waals surface area contributed by atoms with Crippen LogP contribution in [0.4, 0.5) is 17.6 Å². The Labute approximate surface area is 174 Å². The molecule has 0 fully saturated rings. The number of rotatable bonds is 4. The molecule has 0 aliphatic heterocycles. The molecule has 0 saturated carbocycles. The molecule has 0 saturated heterocycles. The van der Waals surface area contributed by atoms with Crippen molar-refractivity contribution < 1.29 is 22.3 Å². The van der Waals surface area contributed by atoms with E-state index in [4.69, 9.17) is 4.74 Å². The maximum absolute atomic E-state index is 14.7. The van der Waals surface area contributed by atoms with Crippen LogP contribution in [0.1, 0.15) is 11.1 Å². The maximum atomic E-state index is 14.7. The van der Waals surface area contributed by atoms with Crippen molar-refractivity contribution in [3.05, 3.63) is 94.0 Å². The molecule has 158 valence electrons. The van der Waals surface area contributed by atoms with E-state index in [2.05, 4.69) is 4.98 Å². The minimum Gasteiger partial charge on any atom is -0.497 e. The highest BCUT2D eigenvalue weighted by molar-refractivity contribution is 5.81. The molecule has 0 amide bonds. The van der Waals surface area contributed by atoms with Crippen LogP contribution in [0.2, 0.25) is 0 Å². The molecular weight excluding hydrogens is 412 g/mol. The van der Waals surface area contributed by atoms with Crippen LogP contribution in [0.15, 0.2) is 71.5 Å². The molecule has 0 atom stereocenters. The first-order valence-electron chi connectivity index (χ1n) is 9.27. The maximum Gasteiger partial charge on any atom is 0.416 e. The average Bonchev–Trinajstić information content (AvgIpc) is 2.75. The molecule has 1 aromatic heterocycles. The van der Waals surface area contributed by atoms with Gasteiger partial charge in [0.25, 0.3) is 5.56 Å². The molecule has 0 aliphatic rings. The third-order valence-electron chi connectivity index (χ3n) is 4.88. The van der Waals surface area contributed by atoms with E-state index >= 15 is 0 Å². The number of benzene rings is 3. The minimum absolute atomic E-state index is 0.00480. The van der Waals surface area contributed by atoms with Crippen molar-refractivity contribution in [1.29, 1.82) is 0 Å². The van der Waals surface area contributed by atoms with Crippen LogP contribution in [0.3, 0.4) is 0 Å². The highest BCUT2D eigenvalue weighted by atomic mass is 19.4. The van der Waals surface area contributed by atoms with Gasteiger partial charge in [-0.25, -0.2) is 9.37 Å². The van der Waals surface area contributed by atoms with Crippen LogP contribution in [-0.4, -0.2) is 16.7 Å². The van der Waals surface area contributed by atoms with Crippen molar-refractivity contribution in [3.63, 3.8) is 0 Å². The quantitative estimate of drug-likeness (QED) is 0.416. The summed E-state index contributed by atoms with van der Waals surface area (Å²) in [7, 11) is 1.45. The third-order valence-corrected chi connectivity index (χ3v) is 4.88. The van der Waals surface area contributed by atoms with Gasteiger partial charge in [0.1, 0.15) is 17.4 Å². The predicted molar refractivity (Wildman–Crippen MR) is 108 cm³/mol. The van der Waals surface area contributed by atoms with Crippen molar-refractivity contribution in [1.82, 2.24) is 9.55 Å². The Bertz CT molecular complexity index is 1320. The summed E-state index contributed by atoms with van der Waals surface area (Å²) >= 11 is 0. The van der Waals surface area contributed by atoms with Crippen LogP contribution in [0.25, 0.3) is 22.3 Å². The van der Waals surface area contributed by atoms with E-state index in [0.717, 1.165) is 6.07 Å². The van der Waals surface area contributed by atoms with Crippen LogP contribution in [0.5, 0.6) is 5.75 Å². The van der Waals surface area contributed by atoms with Gasteiger partial charge in [-0.1, -0.05) is 30.3 Å². The second-order valence-electron chi connectivity index (χ2n) is 6.89. The molecule has 0 unspecified atom stereocenters. The lowest BCUT2D eigenvalue weighted by Crippen LogP contribution is -2.24. The van der Waals surface area contributed by atoms with Gasteiger partial charge < -0.3 is 4.74 Å². The summed E-state index contributed by atoms with van der Waals surface area (Å²) in [5, 5.41) is 0.214. The van der Waals surface area contributed by atoms with Gasteiger partial charge >= 0.3 is 6.18 Å². The number of alkyl halides is 3. The monoisotopic (exact) mass is 428 g/mol. The number of halogens is 4. The van der Waals surface area contributed by atoms with Crippen LogP contribution in [-0.2, 0) is 12.7 Å². The molecule has 4 rings (SSSR count). The highest BCUT2D eigenvalue weighted by Gasteiger charge is 2.32. The van der Waals surface area contributed by atoms with E-state index < -0.39 is 28.7 Å². The second kappa shape index (κ2) is 7.86. The van der Waals surface area contributed by atoms with Gasteiger partial charge in [-0.05, 0) is 42.0 Å². The van der Waals surface area contributed by atoms with Gasteiger partial charge in [0.15, 0.2) is 0 Å². The van der Waals surface area contributed by atoms with Gasteiger partial charge in [0.05, 0.1) is 35.7 Å². The standard InChI is InChI=1S/C23H16F4N2O2/c1-31-16-8-10-20-18(12-16)22(30)29(13-14-5-3-2-4-6-14)21(28-20)17-11-15(23(25,26)27)7-9-19(17)24/h2-12H,13H2,1H3. The minimum atomic E-state index is -4.67. The summed E-state index contributed by atoms with van der Waals surface area (Å²) in [5.74, 6) is -0.666. The Hall–Kier alpha value is -3.68. The molecule has 0 aliphatic carbocycles. The summed E-state index contributed by atoms with van der Waals surface area (Å²) in [6.45, 7) is 0.00480. The fraction of sp³-hybridized carbons (Fsp3) is 0.130. The molecular formula is C23H16F4N2O2. The van der Waals surface area contributed by atoms with Crippen molar-refractivity contribution in [3.8, 4) is 17.1 Å². The Kier molecular flexibility index (Phi) is 5.22. The highest BCUT2D eigenvalue weighted by Crippen LogP contribution is 2.33. The number of aromatic nitrogens is 2. The van der Waals surface area contributed by atoms with E-state index in [0.29, 0.717) is 23.4 Å². The predicted octanol–water partition coefficient (Wildman–Crippen LogP) is 5.28. The van der Waals surface area contributed by atoms with Crippen molar-refractivity contribution in [2.75, 3.05) is 7.11 Å². The van der Waals surface area contributed by atoms with Crippen LogP contribution >= 0.6 is 0 Å². The summed E-state index contributed by atoms with van der Waals surface area (Å²) in [5.41, 5.74) is -1.01. The number of nitrogens with zero attached hydrogens (tertiary/aromatic N) is 2. The first-order valence-corrected chi connectivity index (χ1v) is 9.27. The van der Waals surface area contributed by atoms with Gasteiger partial charge in [0, 0.05) is 0 Å². The van der Waals surface area contributed by atoms with Gasteiger partial charge in [-0.2, -0.15) is 13.2 Å². The molecule has 0 spiro atoms. The Morgan fingerprint density at radius 2 is 1.74 bits per heavy atom. The number of hydrogen-bond acceptors (Lipinski definition) is 3. The number of fused-ring (bicyclic) bond motifs is 1. The Morgan fingerprint density at radius 3 is 2.42 bits per heavy atom. The van der Waals surface area contributed by atoms with Crippen LogP contribution in [0, 0.1) is 5.82 Å². The van der Waals surface area contributed by atoms with Crippen molar-refractivity contribution in [2.24, 2.45) is 0 Å². The fourth-order valence-electron chi connectivity index (χ4n) is 3.32. The van der Waals surface area contributed by atoms with E-state index in [1.165, 1.54) is 23.8 Å². The summed E-state index contributed by atoms with van der Waals surface area (Å²) in [6.07, 6.45) is -4.67. The van der Waals surface area contributed by atoms with Crippen molar-refractivity contribution in [2.45, 2.75) is 12.7 Å². The zero-order chi connectivity index (χ0) is 22.2. The van der Waals surface area contributed by atoms with Crippen LogP contribution < -0.4 is 10.3 Å². The van der Waals surface area contributed by atoms with E-state index in [1.807, 2.05) is 0 Å².